The van der Waals surface area contributed by atoms with Gasteiger partial charge in [-0.1, -0.05) is 12.1 Å². The molecule has 0 spiro atoms. The van der Waals surface area contributed by atoms with E-state index in [1.54, 1.807) is 19.5 Å². The number of anilines is 1. The number of methoxy groups -OCH3 is 1. The zero-order valence-corrected chi connectivity index (χ0v) is 9.05. The lowest BCUT2D eigenvalue weighted by atomic mass is 10.3. The molecule has 0 aliphatic carbocycles. The zero-order chi connectivity index (χ0) is 11.2. The number of hydrogen-bond donors (Lipinski definition) is 1. The molecule has 1 N–H and O–H groups in total. The maximum Gasteiger partial charge on any atom is 0.212 e. The Kier molecular flexibility index (Phi) is 3.33. The molecule has 4 nitrogen and oxygen atoms in total. The van der Waals surface area contributed by atoms with E-state index in [0.717, 1.165) is 11.4 Å². The van der Waals surface area contributed by atoms with Crippen LogP contribution in [0.5, 0.6) is 5.88 Å². The van der Waals surface area contributed by atoms with Crippen LogP contribution in [0.4, 0.5) is 5.82 Å². The summed E-state index contributed by atoms with van der Waals surface area (Å²) in [6.45, 7) is 0.702. The Labute approximate surface area is 94.3 Å². The normalized spacial score (nSPS) is 9.81. The lowest BCUT2D eigenvalue weighted by Gasteiger charge is -2.05. The second-order valence-electron chi connectivity index (χ2n) is 3.28. The van der Waals surface area contributed by atoms with Gasteiger partial charge in [0.2, 0.25) is 5.88 Å². The van der Waals surface area contributed by atoms with Gasteiger partial charge in [-0.15, -0.1) is 0 Å². The minimum absolute atomic E-state index is 0.626. The molecule has 82 valence electrons. The first-order valence-electron chi connectivity index (χ1n) is 5.02. The van der Waals surface area contributed by atoms with Gasteiger partial charge in [0.25, 0.3) is 0 Å². The Morgan fingerprint density at radius 2 is 2.12 bits per heavy atom. The van der Waals surface area contributed by atoms with E-state index in [4.69, 9.17) is 4.74 Å². The number of aromatic nitrogens is 2. The fourth-order valence-corrected chi connectivity index (χ4v) is 1.30. The molecule has 0 aromatic carbocycles. The zero-order valence-electron chi connectivity index (χ0n) is 9.05. The van der Waals surface area contributed by atoms with Crippen molar-refractivity contribution in [1.29, 1.82) is 0 Å². The quantitative estimate of drug-likeness (QED) is 0.848. The van der Waals surface area contributed by atoms with Gasteiger partial charge in [0.05, 0.1) is 7.11 Å². The van der Waals surface area contributed by atoms with Crippen molar-refractivity contribution in [2.75, 3.05) is 12.4 Å². The standard InChI is InChI=1S/C12H13N3O/c1-16-12-6-5-10(9-15-12)8-14-11-4-2-3-7-13-11/h2-7,9H,8H2,1H3,(H,13,14). The van der Waals surface area contributed by atoms with Crippen molar-refractivity contribution in [2.45, 2.75) is 6.54 Å². The van der Waals surface area contributed by atoms with Crippen LogP contribution in [0.25, 0.3) is 0 Å². The second-order valence-corrected chi connectivity index (χ2v) is 3.28. The van der Waals surface area contributed by atoms with Gasteiger partial charge in [-0.05, 0) is 17.7 Å². The van der Waals surface area contributed by atoms with Gasteiger partial charge >= 0.3 is 0 Å². The molecule has 0 fully saturated rings. The summed E-state index contributed by atoms with van der Waals surface area (Å²) in [5, 5.41) is 3.21. The van der Waals surface area contributed by atoms with Crippen molar-refractivity contribution in [3.05, 3.63) is 48.3 Å². The van der Waals surface area contributed by atoms with Crippen LogP contribution in [-0.2, 0) is 6.54 Å². The minimum Gasteiger partial charge on any atom is -0.481 e. The Morgan fingerprint density at radius 3 is 2.75 bits per heavy atom. The molecule has 0 saturated heterocycles. The van der Waals surface area contributed by atoms with Crippen LogP contribution in [0.3, 0.4) is 0 Å². The van der Waals surface area contributed by atoms with Crippen molar-refractivity contribution in [1.82, 2.24) is 9.97 Å². The predicted octanol–water partition coefficient (Wildman–Crippen LogP) is 2.10. The van der Waals surface area contributed by atoms with Gasteiger partial charge in [0.15, 0.2) is 0 Å². The molecule has 0 saturated carbocycles. The highest BCUT2D eigenvalue weighted by molar-refractivity contribution is 5.34. The molecule has 0 radical (unpaired) electrons. The minimum atomic E-state index is 0.626. The lowest BCUT2D eigenvalue weighted by Crippen LogP contribution is -2.01. The summed E-state index contributed by atoms with van der Waals surface area (Å²) in [6, 6.07) is 9.58. The van der Waals surface area contributed by atoms with Crippen LogP contribution in [0.15, 0.2) is 42.7 Å². The molecule has 0 aliphatic rings. The van der Waals surface area contributed by atoms with E-state index in [2.05, 4.69) is 15.3 Å². The van der Waals surface area contributed by atoms with Crippen molar-refractivity contribution in [3.63, 3.8) is 0 Å². The monoisotopic (exact) mass is 215 g/mol. The van der Waals surface area contributed by atoms with Crippen molar-refractivity contribution < 1.29 is 4.74 Å². The van der Waals surface area contributed by atoms with Crippen LogP contribution in [0.2, 0.25) is 0 Å². The molecular weight excluding hydrogens is 202 g/mol. The van der Waals surface area contributed by atoms with E-state index in [-0.39, 0.29) is 0 Å². The third-order valence-electron chi connectivity index (χ3n) is 2.15. The molecule has 2 heterocycles. The van der Waals surface area contributed by atoms with E-state index in [9.17, 15) is 0 Å². The molecule has 0 bridgehead atoms. The summed E-state index contributed by atoms with van der Waals surface area (Å²) in [6.07, 6.45) is 3.55. The largest absolute Gasteiger partial charge is 0.481 e. The van der Waals surface area contributed by atoms with E-state index < -0.39 is 0 Å². The Balaban J connectivity index is 1.94. The maximum atomic E-state index is 4.99. The molecule has 0 aliphatic heterocycles. The Hall–Kier alpha value is -2.10. The highest BCUT2D eigenvalue weighted by Gasteiger charge is 1.96. The summed E-state index contributed by atoms with van der Waals surface area (Å²) in [7, 11) is 1.61. The van der Waals surface area contributed by atoms with Gasteiger partial charge in [0, 0.05) is 25.0 Å². The van der Waals surface area contributed by atoms with Crippen LogP contribution < -0.4 is 10.1 Å². The van der Waals surface area contributed by atoms with Crippen molar-refractivity contribution in [2.24, 2.45) is 0 Å². The van der Waals surface area contributed by atoms with Gasteiger partial charge in [-0.2, -0.15) is 0 Å². The van der Waals surface area contributed by atoms with E-state index in [1.165, 1.54) is 0 Å². The van der Waals surface area contributed by atoms with Crippen LogP contribution in [-0.4, -0.2) is 17.1 Å². The van der Waals surface area contributed by atoms with Gasteiger partial charge in [-0.3, -0.25) is 0 Å². The first-order valence-corrected chi connectivity index (χ1v) is 5.02. The Bertz CT molecular complexity index is 428. The molecule has 0 amide bonds. The molecule has 4 heteroatoms. The summed E-state index contributed by atoms with van der Waals surface area (Å²) in [4.78, 5) is 8.30. The predicted molar refractivity (Wildman–Crippen MR) is 62.4 cm³/mol. The SMILES string of the molecule is COc1ccc(CNc2ccccn2)cn1. The topological polar surface area (TPSA) is 47.0 Å². The van der Waals surface area contributed by atoms with E-state index >= 15 is 0 Å². The van der Waals surface area contributed by atoms with Gasteiger partial charge in [-0.25, -0.2) is 9.97 Å². The number of ether oxygens (including phenoxy) is 1. The highest BCUT2D eigenvalue weighted by atomic mass is 16.5. The summed E-state index contributed by atoms with van der Waals surface area (Å²) >= 11 is 0. The van der Waals surface area contributed by atoms with Crippen LogP contribution in [0, 0.1) is 0 Å². The van der Waals surface area contributed by atoms with Crippen molar-refractivity contribution >= 4 is 5.82 Å². The summed E-state index contributed by atoms with van der Waals surface area (Å²) in [5.74, 6) is 1.49. The van der Waals surface area contributed by atoms with Gasteiger partial charge < -0.3 is 10.1 Å². The third kappa shape index (κ3) is 2.70. The van der Waals surface area contributed by atoms with E-state index in [1.807, 2.05) is 30.3 Å². The lowest BCUT2D eigenvalue weighted by molar-refractivity contribution is 0.397. The molecule has 2 aromatic heterocycles. The molecule has 2 rings (SSSR count). The fraction of sp³-hybridized carbons (Fsp3) is 0.167. The molecule has 0 unspecified atom stereocenters. The van der Waals surface area contributed by atoms with E-state index in [0.29, 0.717) is 12.4 Å². The van der Waals surface area contributed by atoms with Crippen molar-refractivity contribution in [3.8, 4) is 5.88 Å². The number of nitrogens with one attached hydrogen (secondary N) is 1. The average Bonchev–Trinajstić information content (AvgIpc) is 2.38. The number of hydrogen-bond acceptors (Lipinski definition) is 4. The second kappa shape index (κ2) is 5.11. The molecule has 16 heavy (non-hydrogen) atoms. The number of rotatable bonds is 4. The fourth-order valence-electron chi connectivity index (χ4n) is 1.30. The smallest absolute Gasteiger partial charge is 0.212 e. The first-order chi connectivity index (χ1) is 7.88. The molecule has 0 atom stereocenters. The van der Waals surface area contributed by atoms with Crippen LogP contribution >= 0.6 is 0 Å². The number of pyridine rings is 2. The first kappa shape index (κ1) is 10.4. The summed E-state index contributed by atoms with van der Waals surface area (Å²) in [5.41, 5.74) is 1.09. The highest BCUT2D eigenvalue weighted by Crippen LogP contribution is 2.08. The Morgan fingerprint density at radius 1 is 1.19 bits per heavy atom. The van der Waals surface area contributed by atoms with Crippen LogP contribution in [0.1, 0.15) is 5.56 Å². The maximum absolute atomic E-state index is 4.99. The third-order valence-corrected chi connectivity index (χ3v) is 2.15. The number of nitrogens with zero attached hydrogens (tertiary/aromatic N) is 2. The summed E-state index contributed by atoms with van der Waals surface area (Å²) < 4.78 is 4.99. The molecular formula is C12H13N3O. The van der Waals surface area contributed by atoms with Gasteiger partial charge in [0.1, 0.15) is 5.82 Å². The molecule has 2 aromatic rings. The average molecular weight is 215 g/mol.